The zero-order valence-electron chi connectivity index (χ0n) is 10.5. The molecule has 1 aromatic heterocycles. The number of hydrogen-bond donors (Lipinski definition) is 0. The molecule has 0 spiro atoms. The predicted octanol–water partition coefficient (Wildman–Crippen LogP) is 5.58. The molecular formula is C16H11BrClNO. The molecule has 0 aliphatic heterocycles. The van der Waals surface area contributed by atoms with Crippen molar-refractivity contribution < 1.29 is 4.74 Å². The number of nitrogens with zero attached hydrogens (tertiary/aromatic N) is 1. The molecule has 3 rings (SSSR count). The van der Waals surface area contributed by atoms with Crippen LogP contribution in [0.15, 0.2) is 54.7 Å². The minimum atomic E-state index is 0.642. The summed E-state index contributed by atoms with van der Waals surface area (Å²) in [7, 11) is 0. The first-order valence-electron chi connectivity index (χ1n) is 6.14. The molecule has 0 atom stereocenters. The summed E-state index contributed by atoms with van der Waals surface area (Å²) < 4.78 is 5.91. The van der Waals surface area contributed by atoms with E-state index >= 15 is 0 Å². The molecule has 0 unspecified atom stereocenters. The Morgan fingerprint density at radius 1 is 1.10 bits per heavy atom. The second kappa shape index (κ2) is 5.81. The van der Waals surface area contributed by atoms with Crippen LogP contribution in [0.1, 0.15) is 5.56 Å². The molecule has 0 saturated heterocycles. The minimum absolute atomic E-state index is 0.642. The van der Waals surface area contributed by atoms with Gasteiger partial charge < -0.3 is 4.74 Å². The number of hydrogen-bond acceptors (Lipinski definition) is 2. The minimum Gasteiger partial charge on any atom is -0.455 e. The van der Waals surface area contributed by atoms with Gasteiger partial charge in [-0.2, -0.15) is 0 Å². The number of aromatic nitrogens is 1. The van der Waals surface area contributed by atoms with E-state index < -0.39 is 0 Å². The van der Waals surface area contributed by atoms with E-state index in [9.17, 15) is 0 Å². The smallest absolute Gasteiger partial charge is 0.146 e. The number of benzene rings is 2. The Bertz CT molecular complexity index is 760. The topological polar surface area (TPSA) is 22.1 Å². The molecule has 0 saturated carbocycles. The van der Waals surface area contributed by atoms with Crippen molar-refractivity contribution in [3.63, 3.8) is 0 Å². The Hall–Kier alpha value is -1.58. The fourth-order valence-corrected chi connectivity index (χ4v) is 2.97. The largest absolute Gasteiger partial charge is 0.455 e. The van der Waals surface area contributed by atoms with Gasteiger partial charge >= 0.3 is 0 Å². The van der Waals surface area contributed by atoms with Crippen LogP contribution in [-0.2, 0) is 5.33 Å². The van der Waals surface area contributed by atoms with E-state index in [1.165, 1.54) is 0 Å². The van der Waals surface area contributed by atoms with Crippen molar-refractivity contribution in [2.75, 3.05) is 0 Å². The van der Waals surface area contributed by atoms with Crippen LogP contribution in [0.25, 0.3) is 10.9 Å². The second-order valence-electron chi connectivity index (χ2n) is 4.32. The molecule has 0 radical (unpaired) electrons. The number of halogens is 2. The van der Waals surface area contributed by atoms with Crippen molar-refractivity contribution in [1.82, 2.24) is 4.98 Å². The van der Waals surface area contributed by atoms with Gasteiger partial charge in [-0.3, -0.25) is 4.98 Å². The first-order valence-corrected chi connectivity index (χ1v) is 7.64. The highest BCUT2D eigenvalue weighted by atomic mass is 79.9. The van der Waals surface area contributed by atoms with Crippen molar-refractivity contribution in [2.24, 2.45) is 0 Å². The average molecular weight is 349 g/mol. The Kier molecular flexibility index (Phi) is 3.90. The number of alkyl halides is 1. The highest BCUT2D eigenvalue weighted by Crippen LogP contribution is 2.32. The maximum atomic E-state index is 6.17. The van der Waals surface area contributed by atoms with E-state index in [0.717, 1.165) is 22.2 Å². The van der Waals surface area contributed by atoms with Crippen molar-refractivity contribution in [3.8, 4) is 11.5 Å². The van der Waals surface area contributed by atoms with Crippen molar-refractivity contribution in [2.45, 2.75) is 5.33 Å². The Balaban J connectivity index is 1.99. The van der Waals surface area contributed by atoms with Crippen molar-refractivity contribution in [1.29, 1.82) is 0 Å². The van der Waals surface area contributed by atoms with Gasteiger partial charge in [-0.15, -0.1) is 0 Å². The highest BCUT2D eigenvalue weighted by molar-refractivity contribution is 9.08. The zero-order valence-corrected chi connectivity index (χ0v) is 12.9. The molecule has 2 aromatic carbocycles. The van der Waals surface area contributed by atoms with Crippen LogP contribution in [0.4, 0.5) is 0 Å². The normalized spacial score (nSPS) is 10.7. The lowest BCUT2D eigenvalue weighted by Crippen LogP contribution is -1.91. The fraction of sp³-hybridized carbons (Fsp3) is 0.0625. The molecule has 0 fully saturated rings. The molecule has 0 aliphatic rings. The van der Waals surface area contributed by atoms with E-state index in [4.69, 9.17) is 16.3 Å². The molecule has 3 aromatic rings. The number of ether oxygens (including phenoxy) is 1. The van der Waals surface area contributed by atoms with Crippen LogP contribution in [0.2, 0.25) is 5.02 Å². The monoisotopic (exact) mass is 347 g/mol. The summed E-state index contributed by atoms with van der Waals surface area (Å²) in [6, 6.07) is 15.5. The Morgan fingerprint density at radius 3 is 2.80 bits per heavy atom. The zero-order chi connectivity index (χ0) is 13.9. The summed E-state index contributed by atoms with van der Waals surface area (Å²) in [5, 5.41) is 2.38. The highest BCUT2D eigenvalue weighted by Gasteiger charge is 2.08. The van der Waals surface area contributed by atoms with Gasteiger partial charge in [0.2, 0.25) is 0 Å². The van der Waals surface area contributed by atoms with Crippen LogP contribution in [-0.4, -0.2) is 4.98 Å². The standard InChI is InChI=1S/C16H11BrClNO/c17-9-13-14(18)5-3-7-16(13)20-12-8-11-4-1-2-6-15(11)19-10-12/h1-8,10H,9H2. The third-order valence-corrected chi connectivity index (χ3v) is 3.92. The maximum Gasteiger partial charge on any atom is 0.146 e. The molecule has 100 valence electrons. The quantitative estimate of drug-likeness (QED) is 0.577. The number of rotatable bonds is 3. The SMILES string of the molecule is Clc1cccc(Oc2cnc3ccccc3c2)c1CBr. The van der Waals surface area contributed by atoms with Crippen LogP contribution >= 0.6 is 27.5 Å². The maximum absolute atomic E-state index is 6.17. The molecule has 0 aliphatic carbocycles. The molecule has 1 heterocycles. The van der Waals surface area contributed by atoms with Gasteiger partial charge in [0, 0.05) is 21.3 Å². The van der Waals surface area contributed by atoms with Crippen LogP contribution in [0, 0.1) is 0 Å². The van der Waals surface area contributed by atoms with E-state index in [1.54, 1.807) is 6.20 Å². The lowest BCUT2D eigenvalue weighted by molar-refractivity contribution is 0.477. The second-order valence-corrected chi connectivity index (χ2v) is 5.28. The van der Waals surface area contributed by atoms with E-state index in [-0.39, 0.29) is 0 Å². The Morgan fingerprint density at radius 2 is 1.95 bits per heavy atom. The Labute approximate surface area is 130 Å². The molecule has 0 bridgehead atoms. The predicted molar refractivity (Wildman–Crippen MR) is 85.9 cm³/mol. The van der Waals surface area contributed by atoms with Crippen LogP contribution in [0.5, 0.6) is 11.5 Å². The average Bonchev–Trinajstić information content (AvgIpc) is 2.47. The van der Waals surface area contributed by atoms with Gasteiger partial charge in [-0.05, 0) is 24.3 Å². The summed E-state index contributed by atoms with van der Waals surface area (Å²) >= 11 is 9.60. The van der Waals surface area contributed by atoms with Gasteiger partial charge in [0.05, 0.1) is 11.7 Å². The fourth-order valence-electron chi connectivity index (χ4n) is 2.00. The van der Waals surface area contributed by atoms with E-state index in [1.807, 2.05) is 48.5 Å². The number of pyridine rings is 1. The number of para-hydroxylation sites is 1. The summed E-state index contributed by atoms with van der Waals surface area (Å²) in [4.78, 5) is 4.39. The van der Waals surface area contributed by atoms with Crippen molar-refractivity contribution >= 4 is 38.4 Å². The van der Waals surface area contributed by atoms with Crippen LogP contribution < -0.4 is 4.74 Å². The van der Waals surface area contributed by atoms with Gasteiger partial charge in [0.15, 0.2) is 0 Å². The van der Waals surface area contributed by atoms with Gasteiger partial charge in [-0.1, -0.05) is 51.8 Å². The first kappa shape index (κ1) is 13.4. The molecule has 20 heavy (non-hydrogen) atoms. The molecule has 0 N–H and O–H groups in total. The van der Waals surface area contributed by atoms with Gasteiger partial charge in [0.1, 0.15) is 11.5 Å². The summed E-state index contributed by atoms with van der Waals surface area (Å²) in [5.74, 6) is 1.44. The van der Waals surface area contributed by atoms with Gasteiger partial charge in [-0.25, -0.2) is 0 Å². The third-order valence-electron chi connectivity index (χ3n) is 3.00. The van der Waals surface area contributed by atoms with Gasteiger partial charge in [0.25, 0.3) is 0 Å². The third kappa shape index (κ3) is 2.65. The first-order chi connectivity index (χ1) is 9.78. The molecule has 4 heteroatoms. The summed E-state index contributed by atoms with van der Waals surface area (Å²) in [5.41, 5.74) is 1.88. The lowest BCUT2D eigenvalue weighted by Gasteiger charge is -2.11. The summed E-state index contributed by atoms with van der Waals surface area (Å²) in [6.07, 6.45) is 1.72. The lowest BCUT2D eigenvalue weighted by atomic mass is 10.2. The molecule has 0 amide bonds. The van der Waals surface area contributed by atoms with E-state index in [0.29, 0.717) is 16.1 Å². The molecular weight excluding hydrogens is 338 g/mol. The summed E-state index contributed by atoms with van der Waals surface area (Å²) in [6.45, 7) is 0. The molecule has 2 nitrogen and oxygen atoms in total. The van der Waals surface area contributed by atoms with E-state index in [2.05, 4.69) is 20.9 Å². The van der Waals surface area contributed by atoms with Crippen LogP contribution in [0.3, 0.4) is 0 Å². The van der Waals surface area contributed by atoms with Crippen molar-refractivity contribution in [3.05, 3.63) is 65.3 Å². The number of fused-ring (bicyclic) bond motifs is 1.